The number of carbonyl (C=O) groups is 1. The van der Waals surface area contributed by atoms with Crippen molar-refractivity contribution in [1.82, 2.24) is 0 Å². The molecule has 0 aliphatic rings. The minimum absolute atomic E-state index is 0.475. The number of ether oxygens (including phenoxy) is 1. The van der Waals surface area contributed by atoms with E-state index in [1.165, 1.54) is 11.3 Å². The second kappa shape index (κ2) is 6.95. The molecule has 1 N–H and O–H groups in total. The first-order valence-electron chi connectivity index (χ1n) is 6.44. The Morgan fingerprint density at radius 3 is 2.86 bits per heavy atom. The van der Waals surface area contributed by atoms with Crippen LogP contribution in [0.3, 0.4) is 0 Å². The molecule has 1 aromatic heterocycles. The third-order valence-corrected chi connectivity index (χ3v) is 3.81. The molecule has 0 unspecified atom stereocenters. The van der Waals surface area contributed by atoms with Gasteiger partial charge in [-0.15, -0.1) is 11.3 Å². The summed E-state index contributed by atoms with van der Waals surface area (Å²) in [5.41, 5.74) is 1.09. The molecule has 2 rings (SSSR count). The lowest BCUT2D eigenvalue weighted by atomic mass is 10.3. The van der Waals surface area contributed by atoms with Crippen LogP contribution in [0, 0.1) is 0 Å². The van der Waals surface area contributed by atoms with Crippen LogP contribution >= 0.6 is 11.3 Å². The van der Waals surface area contributed by atoms with Crippen molar-refractivity contribution in [2.45, 2.75) is 6.61 Å². The van der Waals surface area contributed by atoms with Crippen LogP contribution in [0.15, 0.2) is 42.5 Å². The van der Waals surface area contributed by atoms with Gasteiger partial charge in [0.1, 0.15) is 12.4 Å². The summed E-state index contributed by atoms with van der Waals surface area (Å²) in [5, 5.41) is 8.59. The van der Waals surface area contributed by atoms with E-state index in [4.69, 9.17) is 9.84 Å². The van der Waals surface area contributed by atoms with E-state index in [-0.39, 0.29) is 0 Å². The Morgan fingerprint density at radius 2 is 2.14 bits per heavy atom. The van der Waals surface area contributed by atoms with E-state index in [1.54, 1.807) is 6.08 Å². The van der Waals surface area contributed by atoms with E-state index >= 15 is 0 Å². The van der Waals surface area contributed by atoms with Gasteiger partial charge in [0.2, 0.25) is 0 Å². The standard InChI is InChI=1S/C16H17NO3S/c1-17(2)12-4-3-5-13(10-12)20-11-15-7-6-14(21-15)8-9-16(18)19/h3-10H,11H2,1-2H3,(H,18,19). The Morgan fingerprint density at radius 1 is 1.33 bits per heavy atom. The summed E-state index contributed by atoms with van der Waals surface area (Å²) in [6, 6.07) is 11.7. The number of hydrogen-bond donors (Lipinski definition) is 1. The van der Waals surface area contributed by atoms with Gasteiger partial charge in [-0.1, -0.05) is 6.07 Å². The predicted octanol–water partition coefficient (Wildman–Crippen LogP) is 3.49. The molecule has 110 valence electrons. The summed E-state index contributed by atoms with van der Waals surface area (Å²) < 4.78 is 5.77. The minimum atomic E-state index is -0.943. The quantitative estimate of drug-likeness (QED) is 0.830. The fraction of sp³-hybridized carbons (Fsp3) is 0.188. The first-order chi connectivity index (χ1) is 10.0. The van der Waals surface area contributed by atoms with Crippen LogP contribution in [0.25, 0.3) is 6.08 Å². The summed E-state index contributed by atoms with van der Waals surface area (Å²) in [6.45, 7) is 0.475. The van der Waals surface area contributed by atoms with Crippen LogP contribution in [0.5, 0.6) is 5.75 Å². The summed E-state index contributed by atoms with van der Waals surface area (Å²) >= 11 is 1.52. The summed E-state index contributed by atoms with van der Waals surface area (Å²) in [4.78, 5) is 14.4. The van der Waals surface area contributed by atoms with E-state index in [0.29, 0.717) is 6.61 Å². The van der Waals surface area contributed by atoms with Gasteiger partial charge in [0.15, 0.2) is 0 Å². The highest BCUT2D eigenvalue weighted by atomic mass is 32.1. The third-order valence-electron chi connectivity index (χ3n) is 2.79. The Labute approximate surface area is 127 Å². The Balaban J connectivity index is 1.97. The molecule has 0 aliphatic heterocycles. The molecule has 0 atom stereocenters. The van der Waals surface area contributed by atoms with Crippen molar-refractivity contribution in [3.63, 3.8) is 0 Å². The van der Waals surface area contributed by atoms with Gasteiger partial charge in [-0.25, -0.2) is 4.79 Å². The molecular weight excluding hydrogens is 286 g/mol. The zero-order chi connectivity index (χ0) is 15.2. The van der Waals surface area contributed by atoms with Crippen molar-refractivity contribution < 1.29 is 14.6 Å². The van der Waals surface area contributed by atoms with E-state index in [9.17, 15) is 4.79 Å². The first kappa shape index (κ1) is 15.1. The van der Waals surface area contributed by atoms with E-state index < -0.39 is 5.97 Å². The van der Waals surface area contributed by atoms with Gasteiger partial charge in [0.25, 0.3) is 0 Å². The van der Waals surface area contributed by atoms with Crippen LogP contribution in [-0.2, 0) is 11.4 Å². The molecule has 0 bridgehead atoms. The molecular formula is C16H17NO3S. The van der Waals surface area contributed by atoms with Crippen molar-refractivity contribution in [1.29, 1.82) is 0 Å². The molecule has 0 aliphatic carbocycles. The van der Waals surface area contributed by atoms with Crippen molar-refractivity contribution >= 4 is 29.1 Å². The van der Waals surface area contributed by atoms with Crippen LogP contribution in [0.2, 0.25) is 0 Å². The van der Waals surface area contributed by atoms with Crippen molar-refractivity contribution in [3.8, 4) is 5.75 Å². The van der Waals surface area contributed by atoms with E-state index in [2.05, 4.69) is 0 Å². The molecule has 0 saturated carbocycles. The number of anilines is 1. The largest absolute Gasteiger partial charge is 0.488 e. The van der Waals surface area contributed by atoms with Gasteiger partial charge in [-0.05, 0) is 30.3 Å². The average molecular weight is 303 g/mol. The van der Waals surface area contributed by atoms with Gasteiger partial charge < -0.3 is 14.7 Å². The maximum Gasteiger partial charge on any atom is 0.328 e. The molecule has 5 heteroatoms. The number of carboxylic acids is 1. The zero-order valence-corrected chi connectivity index (χ0v) is 12.8. The van der Waals surface area contributed by atoms with Crippen LogP contribution in [0.1, 0.15) is 9.75 Å². The monoisotopic (exact) mass is 303 g/mol. The average Bonchev–Trinajstić information content (AvgIpc) is 2.91. The van der Waals surface area contributed by atoms with Gasteiger partial charge in [-0.3, -0.25) is 0 Å². The Hall–Kier alpha value is -2.27. The number of rotatable bonds is 6. The number of hydrogen-bond acceptors (Lipinski definition) is 4. The zero-order valence-electron chi connectivity index (χ0n) is 11.9. The molecule has 0 spiro atoms. The predicted molar refractivity (Wildman–Crippen MR) is 86.1 cm³/mol. The van der Waals surface area contributed by atoms with E-state index in [1.807, 2.05) is 55.4 Å². The molecule has 1 heterocycles. The summed E-state index contributed by atoms with van der Waals surface area (Å²) in [5.74, 6) is -0.126. The highest BCUT2D eigenvalue weighted by molar-refractivity contribution is 7.12. The Bertz CT molecular complexity index is 646. The second-order valence-electron chi connectivity index (χ2n) is 4.66. The first-order valence-corrected chi connectivity index (χ1v) is 7.26. The fourth-order valence-corrected chi connectivity index (χ4v) is 2.55. The lowest BCUT2D eigenvalue weighted by Crippen LogP contribution is -2.08. The normalized spacial score (nSPS) is 10.8. The van der Waals surface area contributed by atoms with Crippen LogP contribution in [-0.4, -0.2) is 25.2 Å². The molecule has 4 nitrogen and oxygen atoms in total. The smallest absolute Gasteiger partial charge is 0.328 e. The molecule has 0 radical (unpaired) electrons. The van der Waals surface area contributed by atoms with Gasteiger partial charge in [0.05, 0.1) is 0 Å². The van der Waals surface area contributed by atoms with Gasteiger partial charge >= 0.3 is 5.97 Å². The fourth-order valence-electron chi connectivity index (χ4n) is 1.72. The number of aliphatic carboxylic acids is 1. The van der Waals surface area contributed by atoms with Crippen molar-refractivity contribution in [3.05, 3.63) is 52.2 Å². The SMILES string of the molecule is CN(C)c1cccc(OCc2ccc(C=CC(=O)O)s2)c1. The van der Waals surface area contributed by atoms with Crippen LogP contribution < -0.4 is 9.64 Å². The topological polar surface area (TPSA) is 49.8 Å². The minimum Gasteiger partial charge on any atom is -0.488 e. The number of carboxylic acid groups (broad SMARTS) is 1. The summed E-state index contributed by atoms with van der Waals surface area (Å²) in [7, 11) is 3.97. The molecule has 2 aromatic rings. The van der Waals surface area contributed by atoms with Gasteiger partial charge in [0, 0.05) is 41.7 Å². The van der Waals surface area contributed by atoms with Gasteiger partial charge in [-0.2, -0.15) is 0 Å². The second-order valence-corrected chi connectivity index (χ2v) is 5.86. The third kappa shape index (κ3) is 4.65. The maximum absolute atomic E-state index is 10.5. The molecule has 0 saturated heterocycles. The van der Waals surface area contributed by atoms with Crippen molar-refractivity contribution in [2.75, 3.05) is 19.0 Å². The van der Waals surface area contributed by atoms with E-state index in [0.717, 1.165) is 27.3 Å². The highest BCUT2D eigenvalue weighted by Gasteiger charge is 2.02. The molecule has 21 heavy (non-hydrogen) atoms. The molecule has 0 amide bonds. The lowest BCUT2D eigenvalue weighted by molar-refractivity contribution is -0.131. The molecule has 0 fully saturated rings. The number of thiophene rings is 1. The van der Waals surface area contributed by atoms with Crippen LogP contribution in [0.4, 0.5) is 5.69 Å². The summed E-state index contributed by atoms with van der Waals surface area (Å²) in [6.07, 6.45) is 2.72. The highest BCUT2D eigenvalue weighted by Crippen LogP contribution is 2.23. The Kier molecular flexibility index (Phi) is 5.00. The lowest BCUT2D eigenvalue weighted by Gasteiger charge is -2.13. The maximum atomic E-state index is 10.5. The van der Waals surface area contributed by atoms with Crippen molar-refractivity contribution in [2.24, 2.45) is 0 Å². The number of benzene rings is 1. The molecule has 1 aromatic carbocycles. The number of nitrogens with zero attached hydrogens (tertiary/aromatic N) is 1.